The highest BCUT2D eigenvalue weighted by Crippen LogP contribution is 2.12. The van der Waals surface area contributed by atoms with E-state index >= 15 is 0 Å². The number of carbonyl (C=O) groups excluding carboxylic acids is 1. The molecule has 1 saturated heterocycles. The number of carbonyl (C=O) groups is 1. The van der Waals surface area contributed by atoms with Gasteiger partial charge in [0.15, 0.2) is 5.76 Å². The van der Waals surface area contributed by atoms with Crippen LogP contribution in [-0.4, -0.2) is 56.8 Å². The summed E-state index contributed by atoms with van der Waals surface area (Å²) in [7, 11) is 1.91. The number of nitrogens with zero attached hydrogens (tertiary/aromatic N) is 5. The van der Waals surface area contributed by atoms with E-state index in [-0.39, 0.29) is 5.91 Å². The molecule has 0 unspecified atom stereocenters. The van der Waals surface area contributed by atoms with Crippen molar-refractivity contribution in [3.8, 4) is 0 Å². The molecule has 25 heavy (non-hydrogen) atoms. The van der Waals surface area contributed by atoms with Crippen molar-refractivity contribution in [2.75, 3.05) is 26.2 Å². The summed E-state index contributed by atoms with van der Waals surface area (Å²) in [5, 5.41) is 8.20. The van der Waals surface area contributed by atoms with Gasteiger partial charge in [-0.25, -0.2) is 0 Å². The predicted molar refractivity (Wildman–Crippen MR) is 93.9 cm³/mol. The Kier molecular flexibility index (Phi) is 5.86. The van der Waals surface area contributed by atoms with Crippen molar-refractivity contribution in [2.45, 2.75) is 39.2 Å². The second-order valence-corrected chi connectivity index (χ2v) is 6.59. The Balaban J connectivity index is 1.47. The molecule has 0 radical (unpaired) electrons. The smallest absolute Gasteiger partial charge is 0.223 e. The first-order valence-corrected chi connectivity index (χ1v) is 9.07. The fraction of sp³-hybridized carbons (Fsp3) is 0.611. The maximum Gasteiger partial charge on any atom is 0.223 e. The van der Waals surface area contributed by atoms with Gasteiger partial charge in [0.05, 0.1) is 12.2 Å². The van der Waals surface area contributed by atoms with Gasteiger partial charge in [-0.15, -0.1) is 0 Å². The van der Waals surface area contributed by atoms with Crippen LogP contribution in [0.2, 0.25) is 0 Å². The molecule has 3 heterocycles. The van der Waals surface area contributed by atoms with E-state index in [0.717, 1.165) is 69.1 Å². The topological polar surface area (TPSA) is 67.4 Å². The highest BCUT2D eigenvalue weighted by Gasteiger charge is 2.20. The van der Waals surface area contributed by atoms with Crippen molar-refractivity contribution >= 4 is 5.91 Å². The summed E-state index contributed by atoms with van der Waals surface area (Å²) in [4.78, 5) is 16.8. The number of hydrogen-bond donors (Lipinski definition) is 0. The van der Waals surface area contributed by atoms with Crippen LogP contribution in [0.15, 0.2) is 22.9 Å². The van der Waals surface area contributed by atoms with E-state index in [1.54, 1.807) is 6.20 Å². The average molecular weight is 345 g/mol. The van der Waals surface area contributed by atoms with Crippen molar-refractivity contribution in [1.82, 2.24) is 24.7 Å². The normalized spacial score (nSPS) is 16.2. The maximum atomic E-state index is 12.5. The SMILES string of the molecule is CCc1cc(CN2CCCN(C(=O)CCc3ccnn3C)CC2)on1. The molecular formula is C18H27N5O2. The zero-order valence-corrected chi connectivity index (χ0v) is 15.1. The van der Waals surface area contributed by atoms with Crippen LogP contribution >= 0.6 is 0 Å². The van der Waals surface area contributed by atoms with Crippen LogP contribution in [0.5, 0.6) is 0 Å². The summed E-state index contributed by atoms with van der Waals surface area (Å²) in [6.07, 6.45) is 4.95. The first-order valence-electron chi connectivity index (χ1n) is 9.07. The third-order valence-corrected chi connectivity index (χ3v) is 4.81. The monoisotopic (exact) mass is 345 g/mol. The Morgan fingerprint density at radius 2 is 2.16 bits per heavy atom. The minimum absolute atomic E-state index is 0.232. The lowest BCUT2D eigenvalue weighted by Crippen LogP contribution is -2.35. The minimum Gasteiger partial charge on any atom is -0.360 e. The molecule has 0 saturated carbocycles. The van der Waals surface area contributed by atoms with Crippen molar-refractivity contribution in [3.05, 3.63) is 35.5 Å². The standard InChI is InChI=1S/C18H27N5O2/c1-3-15-13-17(25-20-15)14-22-9-4-10-23(12-11-22)18(24)6-5-16-7-8-19-21(16)2/h7-8,13H,3-6,9-12,14H2,1-2H3. The molecule has 0 aromatic carbocycles. The van der Waals surface area contributed by atoms with E-state index in [1.165, 1.54) is 0 Å². The molecule has 2 aromatic heterocycles. The Bertz CT molecular complexity index is 693. The predicted octanol–water partition coefficient (Wildman–Crippen LogP) is 1.64. The molecule has 0 atom stereocenters. The summed E-state index contributed by atoms with van der Waals surface area (Å²) >= 11 is 0. The zero-order chi connectivity index (χ0) is 17.6. The molecule has 1 fully saturated rings. The van der Waals surface area contributed by atoms with Gasteiger partial charge in [0.1, 0.15) is 0 Å². The summed E-state index contributed by atoms with van der Waals surface area (Å²) in [5.41, 5.74) is 2.10. The fourth-order valence-electron chi connectivity index (χ4n) is 3.24. The molecule has 7 nitrogen and oxygen atoms in total. The van der Waals surface area contributed by atoms with E-state index < -0.39 is 0 Å². The Hall–Kier alpha value is -2.15. The minimum atomic E-state index is 0.232. The number of amides is 1. The third-order valence-electron chi connectivity index (χ3n) is 4.81. The van der Waals surface area contributed by atoms with Crippen molar-refractivity contribution in [2.24, 2.45) is 7.05 Å². The van der Waals surface area contributed by atoms with Crippen molar-refractivity contribution in [3.63, 3.8) is 0 Å². The molecule has 7 heteroatoms. The van der Waals surface area contributed by atoms with Crippen molar-refractivity contribution in [1.29, 1.82) is 0 Å². The van der Waals surface area contributed by atoms with Gasteiger partial charge in [0.25, 0.3) is 0 Å². The highest BCUT2D eigenvalue weighted by molar-refractivity contribution is 5.76. The fourth-order valence-corrected chi connectivity index (χ4v) is 3.24. The highest BCUT2D eigenvalue weighted by atomic mass is 16.5. The molecule has 2 aromatic rings. The number of aryl methyl sites for hydroxylation is 3. The van der Waals surface area contributed by atoms with Gasteiger partial charge in [-0.3, -0.25) is 14.4 Å². The van der Waals surface area contributed by atoms with E-state index in [4.69, 9.17) is 4.52 Å². The van der Waals surface area contributed by atoms with Gasteiger partial charge >= 0.3 is 0 Å². The lowest BCUT2D eigenvalue weighted by atomic mass is 10.2. The van der Waals surface area contributed by atoms with Gasteiger partial charge in [0, 0.05) is 57.6 Å². The summed E-state index contributed by atoms with van der Waals surface area (Å²) in [5.74, 6) is 1.14. The summed E-state index contributed by atoms with van der Waals surface area (Å²) < 4.78 is 7.22. The Morgan fingerprint density at radius 1 is 1.28 bits per heavy atom. The van der Waals surface area contributed by atoms with Crippen LogP contribution in [0.3, 0.4) is 0 Å². The molecule has 1 amide bonds. The van der Waals surface area contributed by atoms with Crippen LogP contribution in [-0.2, 0) is 31.2 Å². The summed E-state index contributed by atoms with van der Waals surface area (Å²) in [6, 6.07) is 4.00. The zero-order valence-electron chi connectivity index (χ0n) is 15.1. The van der Waals surface area contributed by atoms with Gasteiger partial charge in [-0.05, 0) is 25.3 Å². The van der Waals surface area contributed by atoms with E-state index in [9.17, 15) is 4.79 Å². The van der Waals surface area contributed by atoms with E-state index in [0.29, 0.717) is 6.42 Å². The Labute approximate surface area is 148 Å². The molecule has 3 rings (SSSR count). The molecule has 0 spiro atoms. The van der Waals surface area contributed by atoms with Gasteiger partial charge < -0.3 is 9.42 Å². The average Bonchev–Trinajstić information content (AvgIpc) is 3.16. The number of aromatic nitrogens is 3. The lowest BCUT2D eigenvalue weighted by Gasteiger charge is -2.21. The van der Waals surface area contributed by atoms with Crippen LogP contribution in [0, 0.1) is 0 Å². The van der Waals surface area contributed by atoms with E-state index in [1.807, 2.05) is 28.8 Å². The first kappa shape index (κ1) is 17.7. The van der Waals surface area contributed by atoms with Gasteiger partial charge in [0.2, 0.25) is 5.91 Å². The molecule has 1 aliphatic rings. The molecule has 0 bridgehead atoms. The first-order chi connectivity index (χ1) is 12.2. The third kappa shape index (κ3) is 4.69. The van der Waals surface area contributed by atoms with Crippen LogP contribution < -0.4 is 0 Å². The number of rotatable bonds is 6. The lowest BCUT2D eigenvalue weighted by molar-refractivity contribution is -0.131. The van der Waals surface area contributed by atoms with Crippen LogP contribution in [0.25, 0.3) is 0 Å². The molecular weight excluding hydrogens is 318 g/mol. The second kappa shape index (κ2) is 8.29. The quantitative estimate of drug-likeness (QED) is 0.796. The maximum absolute atomic E-state index is 12.5. The van der Waals surface area contributed by atoms with Gasteiger partial charge in [-0.2, -0.15) is 5.10 Å². The largest absolute Gasteiger partial charge is 0.360 e. The molecule has 1 aliphatic heterocycles. The molecule has 136 valence electrons. The Morgan fingerprint density at radius 3 is 2.88 bits per heavy atom. The summed E-state index contributed by atoms with van der Waals surface area (Å²) in [6.45, 7) is 6.30. The van der Waals surface area contributed by atoms with Gasteiger partial charge in [-0.1, -0.05) is 12.1 Å². The molecule has 0 aliphatic carbocycles. The van der Waals surface area contributed by atoms with Crippen LogP contribution in [0.1, 0.15) is 36.9 Å². The van der Waals surface area contributed by atoms with E-state index in [2.05, 4.69) is 22.1 Å². The second-order valence-electron chi connectivity index (χ2n) is 6.59. The number of hydrogen-bond acceptors (Lipinski definition) is 5. The molecule has 0 N–H and O–H groups in total. The van der Waals surface area contributed by atoms with Crippen molar-refractivity contribution < 1.29 is 9.32 Å². The van der Waals surface area contributed by atoms with Crippen LogP contribution in [0.4, 0.5) is 0 Å².